The van der Waals surface area contributed by atoms with E-state index in [4.69, 9.17) is 8.83 Å². The number of rotatable bonds is 6. The van der Waals surface area contributed by atoms with E-state index in [9.17, 15) is 0 Å². The molecule has 0 aliphatic rings. The number of nitrogens with zero attached hydrogens (tertiary/aromatic N) is 3. The van der Waals surface area contributed by atoms with Gasteiger partial charge in [-0.25, -0.2) is 0 Å². The Kier molecular flexibility index (Phi) is 9.12. The van der Waals surface area contributed by atoms with Crippen LogP contribution in [0.3, 0.4) is 0 Å². The molecule has 0 saturated heterocycles. The molecule has 360 valence electrons. The van der Waals surface area contributed by atoms with E-state index in [1.807, 2.05) is 0 Å². The summed E-state index contributed by atoms with van der Waals surface area (Å²) < 4.78 is 16.7. The largest absolute Gasteiger partial charge is 0.454 e. The summed E-state index contributed by atoms with van der Waals surface area (Å²) in [6, 6.07) is 77.7. The monoisotopic (exact) mass is 967 g/mol. The normalized spacial score (nSPS) is 12.7. The van der Waals surface area contributed by atoms with E-state index < -0.39 is 0 Å². The average molecular weight is 968 g/mol. The van der Waals surface area contributed by atoms with Gasteiger partial charge in [0.15, 0.2) is 11.2 Å². The molecular formula is C70H53N3O2. The molecule has 0 fully saturated rings. The topological polar surface area (TPSA) is 37.2 Å². The molecule has 15 rings (SSSR count). The van der Waals surface area contributed by atoms with Crippen molar-refractivity contribution in [2.45, 2.75) is 52.4 Å². The highest BCUT2D eigenvalue weighted by Crippen LogP contribution is 2.52. The molecule has 5 nitrogen and oxygen atoms in total. The van der Waals surface area contributed by atoms with Crippen molar-refractivity contribution >= 4 is 138 Å². The summed E-state index contributed by atoms with van der Waals surface area (Å²) in [6.07, 6.45) is 0. The first-order valence-corrected chi connectivity index (χ1v) is 26.2. The lowest BCUT2D eigenvalue weighted by Crippen LogP contribution is -2.11. The van der Waals surface area contributed by atoms with Gasteiger partial charge in [-0.3, -0.25) is 0 Å². The Bertz CT molecular complexity index is 4790. The molecule has 0 aliphatic carbocycles. The van der Waals surface area contributed by atoms with Gasteiger partial charge in [0, 0.05) is 76.7 Å². The van der Waals surface area contributed by atoms with Gasteiger partial charge in [-0.1, -0.05) is 187 Å². The number of anilines is 6. The fourth-order valence-electron chi connectivity index (χ4n) is 12.5. The van der Waals surface area contributed by atoms with Crippen LogP contribution in [0.1, 0.15) is 52.7 Å². The molecular weight excluding hydrogens is 915 g/mol. The SMILES string of the molecule is CC(C)(C)c1cccc2c1oc1c(N(c3ccccc3)c3ccc4cc5c6ccc(N(c7ccccc7)c7cccc8c7oc7c(C(C)(C)C)cccc78)c7c8ccc9ccccc9c8n(c5cc4c3)c67)cccc12. The number of aromatic nitrogens is 1. The molecule has 4 aromatic heterocycles. The maximum Gasteiger partial charge on any atom is 0.159 e. The zero-order valence-corrected chi connectivity index (χ0v) is 42.9. The van der Waals surface area contributed by atoms with Crippen LogP contribution in [0.15, 0.2) is 221 Å². The number of hydrogen-bond acceptors (Lipinski definition) is 4. The van der Waals surface area contributed by atoms with Gasteiger partial charge in [0.25, 0.3) is 0 Å². The van der Waals surface area contributed by atoms with E-state index in [0.29, 0.717) is 0 Å². The van der Waals surface area contributed by atoms with Gasteiger partial charge in [0.05, 0.1) is 33.6 Å². The van der Waals surface area contributed by atoms with Crippen LogP contribution in [0.5, 0.6) is 0 Å². The van der Waals surface area contributed by atoms with Crippen LogP contribution < -0.4 is 9.80 Å². The van der Waals surface area contributed by atoms with Crippen molar-refractivity contribution in [2.75, 3.05) is 9.80 Å². The first kappa shape index (κ1) is 43.5. The third kappa shape index (κ3) is 6.37. The fourth-order valence-corrected chi connectivity index (χ4v) is 12.5. The Morgan fingerprint density at radius 2 is 0.840 bits per heavy atom. The number of fused-ring (bicyclic) bond motifs is 15. The molecule has 75 heavy (non-hydrogen) atoms. The Balaban J connectivity index is 0.995. The van der Waals surface area contributed by atoms with E-state index in [1.165, 1.54) is 65.4 Å². The second-order valence-electron chi connectivity index (χ2n) is 22.5. The summed E-state index contributed by atoms with van der Waals surface area (Å²) in [7, 11) is 0. The first-order chi connectivity index (χ1) is 36.5. The predicted octanol–water partition coefficient (Wildman–Crippen LogP) is 20.5. The summed E-state index contributed by atoms with van der Waals surface area (Å²) in [5, 5.41) is 14.1. The van der Waals surface area contributed by atoms with Crippen LogP contribution in [0, 0.1) is 0 Å². The van der Waals surface area contributed by atoms with Crippen molar-refractivity contribution in [1.29, 1.82) is 0 Å². The zero-order chi connectivity index (χ0) is 50.5. The molecule has 0 unspecified atom stereocenters. The highest BCUT2D eigenvalue weighted by Gasteiger charge is 2.29. The Hall–Kier alpha value is -9.06. The minimum atomic E-state index is -0.0992. The molecule has 0 spiro atoms. The van der Waals surface area contributed by atoms with Gasteiger partial charge in [0.1, 0.15) is 11.2 Å². The first-order valence-electron chi connectivity index (χ1n) is 26.2. The van der Waals surface area contributed by atoms with E-state index >= 15 is 0 Å². The summed E-state index contributed by atoms with van der Waals surface area (Å²) in [5.74, 6) is 0. The molecule has 11 aromatic carbocycles. The fraction of sp³-hybridized carbons (Fsp3) is 0.114. The molecule has 0 atom stereocenters. The van der Waals surface area contributed by atoms with Crippen molar-refractivity contribution in [3.63, 3.8) is 0 Å². The van der Waals surface area contributed by atoms with Gasteiger partial charge in [0.2, 0.25) is 0 Å². The molecule has 0 N–H and O–H groups in total. The third-order valence-electron chi connectivity index (χ3n) is 15.9. The number of para-hydroxylation sites is 6. The minimum absolute atomic E-state index is 0.0858. The smallest absolute Gasteiger partial charge is 0.159 e. The highest BCUT2D eigenvalue weighted by atomic mass is 16.3. The summed E-state index contributed by atoms with van der Waals surface area (Å²) >= 11 is 0. The molecule has 0 amide bonds. The van der Waals surface area contributed by atoms with Crippen molar-refractivity contribution in [1.82, 2.24) is 4.40 Å². The van der Waals surface area contributed by atoms with Gasteiger partial charge in [-0.2, -0.15) is 0 Å². The van der Waals surface area contributed by atoms with Crippen LogP contribution in [0.2, 0.25) is 0 Å². The molecule has 15 aromatic rings. The Morgan fingerprint density at radius 1 is 0.320 bits per heavy atom. The average Bonchev–Trinajstić information content (AvgIpc) is 4.18. The minimum Gasteiger partial charge on any atom is -0.454 e. The molecule has 0 radical (unpaired) electrons. The van der Waals surface area contributed by atoms with E-state index in [0.717, 1.165) is 83.4 Å². The zero-order valence-electron chi connectivity index (χ0n) is 42.9. The van der Waals surface area contributed by atoms with E-state index in [1.54, 1.807) is 0 Å². The Labute approximate surface area is 434 Å². The summed E-state index contributed by atoms with van der Waals surface area (Å²) in [4.78, 5) is 4.78. The van der Waals surface area contributed by atoms with Gasteiger partial charge in [-0.05, 0) is 93.7 Å². The number of benzene rings is 11. The summed E-state index contributed by atoms with van der Waals surface area (Å²) in [5.41, 5.74) is 15.7. The lowest BCUT2D eigenvalue weighted by molar-refractivity contribution is 0.572. The highest BCUT2D eigenvalue weighted by molar-refractivity contribution is 6.32. The molecule has 5 heteroatoms. The standard InChI is InChI=1S/C70H53N3O2/c1-69(2,3)56-29-15-25-50-52-27-17-31-59(67(52)74-65(50)56)71(45-20-9-7-10-21-45)47-35-33-43-40-55-49-37-38-58(62-54-36-34-42-19-13-14-24-48(42)63(54)73(64(49)62)61(55)41-44(43)39-47)72(46-22-11-8-12-23-46)60-32-18-28-53-51-26-16-30-57(70(4,5)6)66(51)75-68(53)60/h7-41H,1-6H3. The van der Waals surface area contributed by atoms with Crippen LogP contribution in [-0.4, -0.2) is 4.40 Å². The van der Waals surface area contributed by atoms with E-state index in [2.05, 4.69) is 268 Å². The van der Waals surface area contributed by atoms with Crippen molar-refractivity contribution in [3.05, 3.63) is 223 Å². The Morgan fingerprint density at radius 3 is 1.47 bits per heavy atom. The molecule has 0 saturated carbocycles. The van der Waals surface area contributed by atoms with Crippen LogP contribution >= 0.6 is 0 Å². The van der Waals surface area contributed by atoms with Crippen molar-refractivity contribution in [3.8, 4) is 0 Å². The summed E-state index contributed by atoms with van der Waals surface area (Å²) in [6.45, 7) is 13.5. The van der Waals surface area contributed by atoms with Crippen molar-refractivity contribution in [2.24, 2.45) is 0 Å². The molecule has 4 heterocycles. The molecule has 0 aliphatic heterocycles. The second kappa shape index (κ2) is 15.7. The van der Waals surface area contributed by atoms with Gasteiger partial charge < -0.3 is 23.0 Å². The van der Waals surface area contributed by atoms with Crippen LogP contribution in [-0.2, 0) is 10.8 Å². The molecule has 0 bridgehead atoms. The van der Waals surface area contributed by atoms with Crippen LogP contribution in [0.25, 0.3) is 104 Å². The van der Waals surface area contributed by atoms with E-state index in [-0.39, 0.29) is 10.8 Å². The maximum atomic E-state index is 7.14. The second-order valence-corrected chi connectivity index (χ2v) is 22.5. The predicted molar refractivity (Wildman–Crippen MR) is 317 cm³/mol. The number of furan rings is 2. The van der Waals surface area contributed by atoms with Crippen molar-refractivity contribution < 1.29 is 8.83 Å². The van der Waals surface area contributed by atoms with Crippen LogP contribution in [0.4, 0.5) is 34.1 Å². The lowest BCUT2D eigenvalue weighted by Gasteiger charge is -2.26. The maximum absolute atomic E-state index is 7.14. The third-order valence-corrected chi connectivity index (χ3v) is 15.9. The lowest BCUT2D eigenvalue weighted by atomic mass is 9.86. The van der Waals surface area contributed by atoms with Gasteiger partial charge in [-0.15, -0.1) is 0 Å². The number of hydrogen-bond donors (Lipinski definition) is 0. The van der Waals surface area contributed by atoms with Gasteiger partial charge >= 0.3 is 0 Å². The quantitative estimate of drug-likeness (QED) is 0.166.